The number of allylic oxidation sites excluding steroid dienone is 3. The standard InChI is InChI=1S/C21H20F3NO3/c1-3-11-28-20(27)17-12(2)25-15-9-6-10-16(26)19(15)18(17)13-7-4-5-8-14(13)21(22,23)24/h3-5,7-8,18,25H,1,6,9-11H2,2H3. The van der Waals surface area contributed by atoms with Crippen LogP contribution < -0.4 is 5.32 Å². The van der Waals surface area contributed by atoms with Gasteiger partial charge in [0.25, 0.3) is 0 Å². The highest BCUT2D eigenvalue weighted by molar-refractivity contribution is 6.03. The van der Waals surface area contributed by atoms with E-state index in [-0.39, 0.29) is 35.5 Å². The summed E-state index contributed by atoms with van der Waals surface area (Å²) < 4.78 is 46.2. The highest BCUT2D eigenvalue weighted by Gasteiger charge is 2.43. The Morgan fingerprint density at radius 1 is 1.32 bits per heavy atom. The molecule has 0 aromatic heterocycles. The zero-order valence-electron chi connectivity index (χ0n) is 15.4. The zero-order valence-corrected chi connectivity index (χ0v) is 15.4. The Morgan fingerprint density at radius 3 is 2.71 bits per heavy atom. The van der Waals surface area contributed by atoms with Gasteiger partial charge in [-0.05, 0) is 31.4 Å². The van der Waals surface area contributed by atoms with Crippen molar-refractivity contribution in [1.29, 1.82) is 0 Å². The lowest BCUT2D eigenvalue weighted by Gasteiger charge is -2.35. The molecule has 4 nitrogen and oxygen atoms in total. The Labute approximate surface area is 160 Å². The Morgan fingerprint density at radius 2 is 2.04 bits per heavy atom. The molecule has 0 saturated carbocycles. The summed E-state index contributed by atoms with van der Waals surface area (Å²) >= 11 is 0. The molecule has 0 fully saturated rings. The summed E-state index contributed by atoms with van der Waals surface area (Å²) in [5.74, 6) is -2.15. The summed E-state index contributed by atoms with van der Waals surface area (Å²) in [6.07, 6.45) is -1.86. The summed E-state index contributed by atoms with van der Waals surface area (Å²) in [5, 5.41) is 3.04. The van der Waals surface area contributed by atoms with Gasteiger partial charge in [0.2, 0.25) is 0 Å². The van der Waals surface area contributed by atoms with E-state index in [0.29, 0.717) is 24.2 Å². The molecule has 1 unspecified atom stereocenters. The molecule has 1 aromatic carbocycles. The molecule has 0 amide bonds. The fraction of sp³-hybridized carbons (Fsp3) is 0.333. The van der Waals surface area contributed by atoms with Crippen LogP contribution >= 0.6 is 0 Å². The molecule has 3 rings (SSSR count). The second kappa shape index (κ2) is 7.66. The first-order chi connectivity index (χ1) is 13.3. The Bertz CT molecular complexity index is 896. The van der Waals surface area contributed by atoms with Crippen molar-refractivity contribution < 1.29 is 27.5 Å². The number of rotatable bonds is 4. The van der Waals surface area contributed by atoms with Crippen LogP contribution in [0.5, 0.6) is 0 Å². The predicted octanol–water partition coefficient (Wildman–Crippen LogP) is 4.40. The lowest BCUT2D eigenvalue weighted by atomic mass is 9.74. The van der Waals surface area contributed by atoms with E-state index in [0.717, 1.165) is 6.07 Å². The van der Waals surface area contributed by atoms with Crippen molar-refractivity contribution in [3.8, 4) is 0 Å². The summed E-state index contributed by atoms with van der Waals surface area (Å²) in [6, 6.07) is 5.05. The largest absolute Gasteiger partial charge is 0.458 e. The topological polar surface area (TPSA) is 55.4 Å². The van der Waals surface area contributed by atoms with Crippen LogP contribution in [0.15, 0.2) is 59.5 Å². The summed E-state index contributed by atoms with van der Waals surface area (Å²) in [4.78, 5) is 25.4. The fourth-order valence-corrected chi connectivity index (χ4v) is 3.78. The lowest BCUT2D eigenvalue weighted by Crippen LogP contribution is -2.35. The highest BCUT2D eigenvalue weighted by Crippen LogP contribution is 2.46. The average molecular weight is 391 g/mol. The molecule has 28 heavy (non-hydrogen) atoms. The van der Waals surface area contributed by atoms with Gasteiger partial charge in [-0.15, -0.1) is 0 Å². The maximum absolute atomic E-state index is 13.7. The van der Waals surface area contributed by atoms with Crippen LogP contribution in [0.4, 0.5) is 13.2 Å². The van der Waals surface area contributed by atoms with Gasteiger partial charge < -0.3 is 10.1 Å². The number of carbonyl (C=O) groups excluding carboxylic acids is 2. The molecular weight excluding hydrogens is 371 g/mol. The Hall–Kier alpha value is -2.83. The maximum Gasteiger partial charge on any atom is 0.416 e. The van der Waals surface area contributed by atoms with Crippen molar-refractivity contribution in [2.75, 3.05) is 6.61 Å². The summed E-state index contributed by atoms with van der Waals surface area (Å²) in [7, 11) is 0. The first-order valence-electron chi connectivity index (χ1n) is 8.93. The number of esters is 1. The lowest BCUT2D eigenvalue weighted by molar-refractivity contribution is -0.140. The molecule has 0 radical (unpaired) electrons. The third kappa shape index (κ3) is 3.61. The van der Waals surface area contributed by atoms with Gasteiger partial charge in [0, 0.05) is 29.3 Å². The van der Waals surface area contributed by atoms with Crippen LogP contribution in [0.25, 0.3) is 0 Å². The van der Waals surface area contributed by atoms with Gasteiger partial charge in [-0.25, -0.2) is 4.79 Å². The van der Waals surface area contributed by atoms with E-state index >= 15 is 0 Å². The SMILES string of the molecule is C=CCOC(=O)C1=C(C)NC2=C(C(=O)CCC2)C1c1ccccc1C(F)(F)F. The van der Waals surface area contributed by atoms with E-state index in [2.05, 4.69) is 11.9 Å². The molecule has 1 atom stereocenters. The van der Waals surface area contributed by atoms with Gasteiger partial charge in [-0.1, -0.05) is 30.9 Å². The molecule has 148 valence electrons. The second-order valence-corrected chi connectivity index (χ2v) is 6.74. The molecule has 1 aliphatic heterocycles. The van der Waals surface area contributed by atoms with Gasteiger partial charge >= 0.3 is 12.1 Å². The van der Waals surface area contributed by atoms with Crippen LogP contribution in [-0.4, -0.2) is 18.4 Å². The number of halogens is 3. The molecule has 1 aliphatic carbocycles. The minimum absolute atomic E-state index is 0.0209. The van der Waals surface area contributed by atoms with Crippen LogP contribution in [0.1, 0.15) is 43.2 Å². The van der Waals surface area contributed by atoms with Crippen molar-refractivity contribution in [2.24, 2.45) is 0 Å². The number of hydrogen-bond acceptors (Lipinski definition) is 4. The summed E-state index contributed by atoms with van der Waals surface area (Å²) in [6.45, 7) is 5.00. The van der Waals surface area contributed by atoms with E-state index in [4.69, 9.17) is 4.74 Å². The fourth-order valence-electron chi connectivity index (χ4n) is 3.78. The Kier molecular flexibility index (Phi) is 5.45. The molecule has 1 N–H and O–H groups in total. The number of Topliss-reactive ketones (excluding diaryl/α,β-unsaturated/α-hetero) is 1. The normalized spacial score (nSPS) is 19.9. The number of ether oxygens (including phenoxy) is 1. The molecule has 0 saturated heterocycles. The molecule has 2 aliphatic rings. The first-order valence-corrected chi connectivity index (χ1v) is 8.93. The van der Waals surface area contributed by atoms with Gasteiger partial charge in [0.05, 0.1) is 11.1 Å². The molecule has 1 heterocycles. The van der Waals surface area contributed by atoms with Gasteiger partial charge in [-0.2, -0.15) is 13.2 Å². The molecular formula is C21H20F3NO3. The first kappa shape index (κ1) is 19.9. The van der Waals surface area contributed by atoms with Crippen LogP contribution in [-0.2, 0) is 20.5 Å². The number of ketones is 1. The van der Waals surface area contributed by atoms with Gasteiger partial charge in [0.15, 0.2) is 5.78 Å². The number of benzene rings is 1. The number of alkyl halides is 3. The zero-order chi connectivity index (χ0) is 20.5. The third-order valence-electron chi connectivity index (χ3n) is 4.91. The average Bonchev–Trinajstić information content (AvgIpc) is 2.64. The molecule has 1 aromatic rings. The quantitative estimate of drug-likeness (QED) is 0.611. The van der Waals surface area contributed by atoms with E-state index in [1.807, 2.05) is 0 Å². The van der Waals surface area contributed by atoms with Gasteiger partial charge in [-0.3, -0.25) is 4.79 Å². The van der Waals surface area contributed by atoms with Crippen molar-refractivity contribution in [1.82, 2.24) is 5.32 Å². The minimum Gasteiger partial charge on any atom is -0.458 e. The maximum atomic E-state index is 13.7. The van der Waals surface area contributed by atoms with E-state index < -0.39 is 23.6 Å². The Balaban J connectivity index is 2.23. The van der Waals surface area contributed by atoms with Crippen molar-refractivity contribution in [3.63, 3.8) is 0 Å². The van der Waals surface area contributed by atoms with Crippen molar-refractivity contribution >= 4 is 11.8 Å². The van der Waals surface area contributed by atoms with Crippen LogP contribution in [0.2, 0.25) is 0 Å². The number of carbonyl (C=O) groups is 2. The van der Waals surface area contributed by atoms with E-state index in [9.17, 15) is 22.8 Å². The van der Waals surface area contributed by atoms with E-state index in [1.165, 1.54) is 24.3 Å². The van der Waals surface area contributed by atoms with Crippen LogP contribution in [0.3, 0.4) is 0 Å². The highest BCUT2D eigenvalue weighted by atomic mass is 19.4. The number of dihydropyridines is 1. The monoisotopic (exact) mass is 391 g/mol. The van der Waals surface area contributed by atoms with Crippen molar-refractivity contribution in [2.45, 2.75) is 38.3 Å². The minimum atomic E-state index is -4.62. The van der Waals surface area contributed by atoms with E-state index in [1.54, 1.807) is 6.92 Å². The van der Waals surface area contributed by atoms with Crippen LogP contribution in [0, 0.1) is 0 Å². The molecule has 0 bridgehead atoms. The van der Waals surface area contributed by atoms with Crippen molar-refractivity contribution in [3.05, 3.63) is 70.6 Å². The smallest absolute Gasteiger partial charge is 0.416 e. The summed E-state index contributed by atoms with van der Waals surface area (Å²) in [5.41, 5.74) is 0.227. The predicted molar refractivity (Wildman–Crippen MR) is 97.1 cm³/mol. The second-order valence-electron chi connectivity index (χ2n) is 6.74. The number of nitrogens with one attached hydrogen (secondary N) is 1. The molecule has 0 spiro atoms. The van der Waals surface area contributed by atoms with Gasteiger partial charge in [0.1, 0.15) is 6.61 Å². The number of hydrogen-bond donors (Lipinski definition) is 1. The molecule has 7 heteroatoms. The third-order valence-corrected chi connectivity index (χ3v) is 4.91.